The Morgan fingerprint density at radius 1 is 1.29 bits per heavy atom. The lowest BCUT2D eigenvalue weighted by atomic mass is 9.96. The Bertz CT molecular complexity index is 584. The van der Waals surface area contributed by atoms with E-state index in [1.165, 1.54) is 7.11 Å². The highest BCUT2D eigenvalue weighted by atomic mass is 79.9. The number of hydrogen-bond acceptors (Lipinski definition) is 4. The number of rotatable bonds is 5. The van der Waals surface area contributed by atoms with Crippen LogP contribution in [-0.4, -0.2) is 33.1 Å². The summed E-state index contributed by atoms with van der Waals surface area (Å²) in [6, 6.07) is 5.02. The molecule has 1 aliphatic carbocycles. The van der Waals surface area contributed by atoms with Crippen LogP contribution in [0.5, 0.6) is 5.75 Å². The molecule has 0 atom stereocenters. The number of halogens is 1. The summed E-state index contributed by atoms with van der Waals surface area (Å²) in [5.74, 6) is 0.364. The van der Waals surface area contributed by atoms with E-state index in [0.717, 1.165) is 30.2 Å². The number of ether oxygens (including phenoxy) is 1. The lowest BCUT2D eigenvalue weighted by molar-refractivity contribution is 0.398. The molecule has 1 aliphatic rings. The minimum atomic E-state index is -3.56. The molecule has 118 valence electrons. The molecule has 0 unspecified atom stereocenters. The van der Waals surface area contributed by atoms with E-state index >= 15 is 0 Å². The van der Waals surface area contributed by atoms with Gasteiger partial charge in [0.1, 0.15) is 10.6 Å². The van der Waals surface area contributed by atoms with Gasteiger partial charge in [0.05, 0.1) is 7.11 Å². The number of methoxy groups -OCH3 is 1. The summed E-state index contributed by atoms with van der Waals surface area (Å²) in [5.41, 5.74) is 0. The van der Waals surface area contributed by atoms with E-state index in [-0.39, 0.29) is 10.9 Å². The minimum Gasteiger partial charge on any atom is -0.495 e. The average Bonchev–Trinajstić information content (AvgIpc) is 2.47. The van der Waals surface area contributed by atoms with E-state index in [9.17, 15) is 8.42 Å². The van der Waals surface area contributed by atoms with Gasteiger partial charge in [-0.15, -0.1) is 0 Å². The fourth-order valence-electron chi connectivity index (χ4n) is 2.56. The van der Waals surface area contributed by atoms with Crippen LogP contribution in [0.4, 0.5) is 0 Å². The third-order valence-corrected chi connectivity index (χ3v) is 6.92. The highest BCUT2D eigenvalue weighted by molar-refractivity contribution is 9.10. The van der Waals surface area contributed by atoms with E-state index in [4.69, 9.17) is 4.74 Å². The van der Waals surface area contributed by atoms with Crippen molar-refractivity contribution in [2.24, 2.45) is 0 Å². The molecule has 0 aromatic heterocycles. The van der Waals surface area contributed by atoms with Crippen molar-refractivity contribution in [3.05, 3.63) is 22.7 Å². The van der Waals surface area contributed by atoms with Crippen molar-refractivity contribution in [3.8, 4) is 5.75 Å². The molecule has 0 spiro atoms. The van der Waals surface area contributed by atoms with Crippen LogP contribution < -0.4 is 9.46 Å². The first-order valence-corrected chi connectivity index (χ1v) is 10.4. The molecule has 0 heterocycles. The highest BCUT2D eigenvalue weighted by Gasteiger charge is 2.27. The predicted molar refractivity (Wildman–Crippen MR) is 90.6 cm³/mol. The Hall–Kier alpha value is -0.240. The molecular weight excluding hydrogens is 374 g/mol. The summed E-state index contributed by atoms with van der Waals surface area (Å²) >= 11 is 5.18. The topological polar surface area (TPSA) is 55.4 Å². The third kappa shape index (κ3) is 4.37. The van der Waals surface area contributed by atoms with Gasteiger partial charge in [-0.2, -0.15) is 11.8 Å². The molecule has 7 heteroatoms. The molecule has 1 aromatic rings. The zero-order chi connectivity index (χ0) is 15.5. The van der Waals surface area contributed by atoms with Crippen LogP contribution in [-0.2, 0) is 10.0 Å². The van der Waals surface area contributed by atoms with Crippen molar-refractivity contribution in [2.45, 2.75) is 41.9 Å². The second-order valence-electron chi connectivity index (χ2n) is 5.13. The first-order chi connectivity index (χ1) is 9.96. The van der Waals surface area contributed by atoms with Crippen molar-refractivity contribution >= 4 is 37.7 Å². The molecule has 0 radical (unpaired) electrons. The largest absolute Gasteiger partial charge is 0.495 e. The van der Waals surface area contributed by atoms with Crippen LogP contribution in [0.25, 0.3) is 0 Å². The zero-order valence-corrected chi connectivity index (χ0v) is 15.4. The maximum atomic E-state index is 12.6. The lowest BCUT2D eigenvalue weighted by Crippen LogP contribution is -2.38. The molecule has 1 N–H and O–H groups in total. The van der Waals surface area contributed by atoms with Crippen molar-refractivity contribution in [1.29, 1.82) is 0 Å². The van der Waals surface area contributed by atoms with Crippen molar-refractivity contribution in [1.82, 2.24) is 4.72 Å². The number of thioether (sulfide) groups is 1. The molecular formula is C14H20BrNO3S2. The molecule has 0 saturated heterocycles. The van der Waals surface area contributed by atoms with Gasteiger partial charge in [0.2, 0.25) is 10.0 Å². The summed E-state index contributed by atoms with van der Waals surface area (Å²) in [6.45, 7) is 0. The Labute approximate surface area is 139 Å². The van der Waals surface area contributed by atoms with E-state index in [2.05, 4.69) is 26.9 Å². The number of hydrogen-bond donors (Lipinski definition) is 1. The van der Waals surface area contributed by atoms with Crippen LogP contribution in [0, 0.1) is 0 Å². The van der Waals surface area contributed by atoms with Gasteiger partial charge in [0.15, 0.2) is 0 Å². The first-order valence-electron chi connectivity index (χ1n) is 6.85. The molecule has 2 rings (SSSR count). The van der Waals surface area contributed by atoms with E-state index < -0.39 is 10.0 Å². The maximum Gasteiger partial charge on any atom is 0.244 e. The fourth-order valence-corrected chi connectivity index (χ4v) is 5.32. The second-order valence-corrected chi connectivity index (χ2v) is 8.86. The fraction of sp³-hybridized carbons (Fsp3) is 0.571. The Balaban J connectivity index is 2.14. The number of nitrogens with one attached hydrogen (secondary N) is 1. The van der Waals surface area contributed by atoms with Crippen molar-refractivity contribution in [2.75, 3.05) is 13.4 Å². The first kappa shape index (κ1) is 17.1. The summed E-state index contributed by atoms with van der Waals surface area (Å²) in [6.07, 6.45) is 6.01. The summed E-state index contributed by atoms with van der Waals surface area (Å²) in [7, 11) is -2.08. The maximum absolute atomic E-state index is 12.6. The Kier molecular flexibility index (Phi) is 5.99. The Morgan fingerprint density at radius 3 is 2.52 bits per heavy atom. The van der Waals surface area contributed by atoms with Crippen molar-refractivity contribution in [3.63, 3.8) is 0 Å². The van der Waals surface area contributed by atoms with Crippen LogP contribution in [0.1, 0.15) is 25.7 Å². The lowest BCUT2D eigenvalue weighted by Gasteiger charge is -2.28. The minimum absolute atomic E-state index is 0.0158. The van der Waals surface area contributed by atoms with Gasteiger partial charge in [0, 0.05) is 15.8 Å². The van der Waals surface area contributed by atoms with Gasteiger partial charge in [-0.3, -0.25) is 0 Å². The van der Waals surface area contributed by atoms with Crippen LogP contribution in [0.15, 0.2) is 27.6 Å². The molecule has 0 aliphatic heterocycles. The number of benzene rings is 1. The Morgan fingerprint density at radius 2 is 1.95 bits per heavy atom. The van der Waals surface area contributed by atoms with Crippen molar-refractivity contribution < 1.29 is 13.2 Å². The summed E-state index contributed by atoms with van der Waals surface area (Å²) in [4.78, 5) is 0.186. The predicted octanol–water partition coefficient (Wildman–Crippen LogP) is 3.41. The van der Waals surface area contributed by atoms with Gasteiger partial charge >= 0.3 is 0 Å². The zero-order valence-electron chi connectivity index (χ0n) is 12.1. The summed E-state index contributed by atoms with van der Waals surface area (Å²) in [5, 5.41) is 0.658. The summed E-state index contributed by atoms with van der Waals surface area (Å²) < 4.78 is 33.8. The van der Waals surface area contributed by atoms with E-state index in [1.807, 2.05) is 11.8 Å². The van der Waals surface area contributed by atoms with Gasteiger partial charge in [0.25, 0.3) is 0 Å². The highest BCUT2D eigenvalue weighted by Crippen LogP contribution is 2.30. The second kappa shape index (κ2) is 7.35. The van der Waals surface area contributed by atoms with Crippen LogP contribution in [0.2, 0.25) is 0 Å². The van der Waals surface area contributed by atoms with Gasteiger partial charge < -0.3 is 4.74 Å². The monoisotopic (exact) mass is 393 g/mol. The van der Waals surface area contributed by atoms with E-state index in [0.29, 0.717) is 11.0 Å². The smallest absolute Gasteiger partial charge is 0.244 e. The van der Waals surface area contributed by atoms with Crippen LogP contribution >= 0.6 is 27.7 Å². The molecule has 0 amide bonds. The molecule has 0 bridgehead atoms. The normalized spacial score (nSPS) is 23.0. The quantitative estimate of drug-likeness (QED) is 0.832. The SMILES string of the molecule is COc1ccc(Br)cc1S(=O)(=O)NC1CCC(SC)CC1. The standard InChI is InChI=1S/C14H20BrNO3S2/c1-19-13-8-3-10(15)9-14(13)21(17,18)16-11-4-6-12(20-2)7-5-11/h3,8-9,11-12,16H,4-7H2,1-2H3. The molecule has 1 aromatic carbocycles. The molecule has 1 saturated carbocycles. The van der Waals surface area contributed by atoms with E-state index in [1.54, 1.807) is 18.2 Å². The molecule has 4 nitrogen and oxygen atoms in total. The molecule has 21 heavy (non-hydrogen) atoms. The van der Waals surface area contributed by atoms with Gasteiger partial charge in [-0.1, -0.05) is 15.9 Å². The average molecular weight is 394 g/mol. The van der Waals surface area contributed by atoms with Gasteiger partial charge in [-0.25, -0.2) is 13.1 Å². The number of sulfonamides is 1. The molecule has 1 fully saturated rings. The third-order valence-electron chi connectivity index (χ3n) is 3.74. The van der Waals surface area contributed by atoms with Crippen LogP contribution in [0.3, 0.4) is 0 Å². The van der Waals surface area contributed by atoms with Gasteiger partial charge in [-0.05, 0) is 50.1 Å².